The van der Waals surface area contributed by atoms with Gasteiger partial charge in [0.15, 0.2) is 17.3 Å². The van der Waals surface area contributed by atoms with Gasteiger partial charge in [-0.3, -0.25) is 4.79 Å². The number of ketones is 1. The van der Waals surface area contributed by atoms with Gasteiger partial charge in [-0.2, -0.15) is 0 Å². The molecule has 0 spiro atoms. The van der Waals surface area contributed by atoms with Gasteiger partial charge >= 0.3 is 0 Å². The summed E-state index contributed by atoms with van der Waals surface area (Å²) in [5.74, 6) is 1.21. The SMILES string of the molecule is O=C(CCO)c1ccc2c(c1)OCCCO2. The highest BCUT2D eigenvalue weighted by molar-refractivity contribution is 5.96. The Kier molecular flexibility index (Phi) is 3.41. The Morgan fingerprint density at radius 3 is 2.75 bits per heavy atom. The van der Waals surface area contributed by atoms with Gasteiger partial charge in [-0.25, -0.2) is 0 Å². The number of carbonyl (C=O) groups excluding carboxylic acids is 1. The van der Waals surface area contributed by atoms with Crippen molar-refractivity contribution in [1.29, 1.82) is 0 Å². The third-order valence-electron chi connectivity index (χ3n) is 2.41. The summed E-state index contributed by atoms with van der Waals surface area (Å²) in [6.45, 7) is 1.11. The molecule has 86 valence electrons. The summed E-state index contributed by atoms with van der Waals surface area (Å²) in [7, 11) is 0. The van der Waals surface area contributed by atoms with Crippen LogP contribution in [0.15, 0.2) is 18.2 Å². The van der Waals surface area contributed by atoms with Crippen LogP contribution in [0.2, 0.25) is 0 Å². The van der Waals surface area contributed by atoms with E-state index in [9.17, 15) is 4.79 Å². The van der Waals surface area contributed by atoms with E-state index in [0.717, 1.165) is 6.42 Å². The lowest BCUT2D eigenvalue weighted by atomic mass is 10.1. The van der Waals surface area contributed by atoms with Crippen molar-refractivity contribution in [2.75, 3.05) is 19.8 Å². The molecular formula is C12H14O4. The molecule has 0 amide bonds. The Morgan fingerprint density at radius 2 is 2.00 bits per heavy atom. The van der Waals surface area contributed by atoms with Crippen molar-refractivity contribution >= 4 is 5.78 Å². The molecule has 1 aromatic carbocycles. The molecule has 0 saturated carbocycles. The van der Waals surface area contributed by atoms with E-state index in [1.165, 1.54) is 0 Å². The van der Waals surface area contributed by atoms with E-state index in [1.807, 2.05) is 0 Å². The number of aliphatic hydroxyl groups is 1. The first-order chi connectivity index (χ1) is 7.81. The second-order valence-corrected chi connectivity index (χ2v) is 3.61. The van der Waals surface area contributed by atoms with Crippen molar-refractivity contribution in [2.45, 2.75) is 12.8 Å². The first-order valence-electron chi connectivity index (χ1n) is 5.35. The first-order valence-corrected chi connectivity index (χ1v) is 5.35. The molecule has 0 unspecified atom stereocenters. The molecule has 1 N–H and O–H groups in total. The molecule has 4 nitrogen and oxygen atoms in total. The maximum Gasteiger partial charge on any atom is 0.165 e. The lowest BCUT2D eigenvalue weighted by molar-refractivity contribution is 0.0956. The van der Waals surface area contributed by atoms with E-state index in [1.54, 1.807) is 18.2 Å². The summed E-state index contributed by atoms with van der Waals surface area (Å²) in [6.07, 6.45) is 0.980. The molecule has 16 heavy (non-hydrogen) atoms. The van der Waals surface area contributed by atoms with E-state index < -0.39 is 0 Å². The topological polar surface area (TPSA) is 55.8 Å². The average Bonchev–Trinajstić information content (AvgIpc) is 2.53. The van der Waals surface area contributed by atoms with Crippen molar-refractivity contribution in [2.24, 2.45) is 0 Å². The minimum Gasteiger partial charge on any atom is -0.490 e. The molecule has 1 heterocycles. The Morgan fingerprint density at radius 1 is 1.25 bits per heavy atom. The minimum atomic E-state index is -0.132. The number of aliphatic hydroxyl groups excluding tert-OH is 1. The predicted octanol–water partition coefficient (Wildman–Crippen LogP) is 1.41. The summed E-state index contributed by atoms with van der Waals surface area (Å²) < 4.78 is 10.9. The zero-order valence-electron chi connectivity index (χ0n) is 8.94. The van der Waals surface area contributed by atoms with Gasteiger partial charge in [-0.05, 0) is 18.2 Å². The van der Waals surface area contributed by atoms with Crippen LogP contribution < -0.4 is 9.47 Å². The highest BCUT2D eigenvalue weighted by Gasteiger charge is 2.13. The van der Waals surface area contributed by atoms with Gasteiger partial charge in [0.25, 0.3) is 0 Å². The number of hydrogen-bond acceptors (Lipinski definition) is 4. The maximum atomic E-state index is 11.6. The number of rotatable bonds is 3. The second kappa shape index (κ2) is 4.99. The largest absolute Gasteiger partial charge is 0.490 e. The zero-order valence-corrected chi connectivity index (χ0v) is 8.94. The molecule has 1 aromatic rings. The number of carbonyl (C=O) groups is 1. The van der Waals surface area contributed by atoms with Crippen molar-refractivity contribution in [3.05, 3.63) is 23.8 Å². The Hall–Kier alpha value is -1.55. The van der Waals surface area contributed by atoms with Crippen molar-refractivity contribution in [3.8, 4) is 11.5 Å². The van der Waals surface area contributed by atoms with Crippen LogP contribution in [-0.4, -0.2) is 30.7 Å². The van der Waals surface area contributed by atoms with Crippen LogP contribution in [-0.2, 0) is 0 Å². The highest BCUT2D eigenvalue weighted by atomic mass is 16.5. The summed E-state index contributed by atoms with van der Waals surface area (Å²) in [5.41, 5.74) is 0.554. The van der Waals surface area contributed by atoms with E-state index in [0.29, 0.717) is 30.3 Å². The molecule has 4 heteroatoms. The number of benzene rings is 1. The third-order valence-corrected chi connectivity index (χ3v) is 2.41. The van der Waals surface area contributed by atoms with E-state index >= 15 is 0 Å². The summed E-state index contributed by atoms with van der Waals surface area (Å²) in [5, 5.41) is 8.70. The molecular weight excluding hydrogens is 208 g/mol. The lowest BCUT2D eigenvalue weighted by Gasteiger charge is -2.08. The smallest absolute Gasteiger partial charge is 0.165 e. The normalized spacial score (nSPS) is 14.3. The second-order valence-electron chi connectivity index (χ2n) is 3.61. The number of Topliss-reactive ketones (excluding diaryl/α,β-unsaturated/α-hetero) is 1. The van der Waals surface area contributed by atoms with Crippen LogP contribution in [0.3, 0.4) is 0 Å². The third kappa shape index (κ3) is 2.33. The first kappa shape index (κ1) is 11.0. The van der Waals surface area contributed by atoms with E-state index in [2.05, 4.69) is 0 Å². The molecule has 0 radical (unpaired) electrons. The Labute approximate surface area is 93.8 Å². The summed E-state index contributed by atoms with van der Waals surface area (Å²) in [4.78, 5) is 11.6. The molecule has 0 aromatic heterocycles. The van der Waals surface area contributed by atoms with E-state index in [4.69, 9.17) is 14.6 Å². The van der Waals surface area contributed by atoms with Crippen molar-refractivity contribution < 1.29 is 19.4 Å². The number of ether oxygens (including phenoxy) is 2. The summed E-state index contributed by atoms with van der Waals surface area (Å²) in [6, 6.07) is 5.12. The molecule has 0 aliphatic carbocycles. The van der Waals surface area contributed by atoms with Crippen LogP contribution in [0.1, 0.15) is 23.2 Å². The zero-order chi connectivity index (χ0) is 11.4. The maximum absolute atomic E-state index is 11.6. The fourth-order valence-electron chi connectivity index (χ4n) is 1.58. The minimum absolute atomic E-state index is 0.0850. The molecule has 0 bridgehead atoms. The Balaban J connectivity index is 2.23. The molecule has 0 fully saturated rings. The molecule has 2 rings (SSSR count). The predicted molar refractivity (Wildman–Crippen MR) is 58.1 cm³/mol. The van der Waals surface area contributed by atoms with Crippen LogP contribution >= 0.6 is 0 Å². The van der Waals surface area contributed by atoms with Crippen LogP contribution in [0.4, 0.5) is 0 Å². The van der Waals surface area contributed by atoms with Crippen LogP contribution in [0.25, 0.3) is 0 Å². The van der Waals surface area contributed by atoms with Gasteiger partial charge in [0.1, 0.15) is 0 Å². The highest BCUT2D eigenvalue weighted by Crippen LogP contribution is 2.30. The van der Waals surface area contributed by atoms with Crippen LogP contribution in [0, 0.1) is 0 Å². The fraction of sp³-hybridized carbons (Fsp3) is 0.417. The van der Waals surface area contributed by atoms with Crippen LogP contribution in [0.5, 0.6) is 11.5 Å². The number of fused-ring (bicyclic) bond motifs is 1. The monoisotopic (exact) mass is 222 g/mol. The fourth-order valence-corrected chi connectivity index (χ4v) is 1.58. The van der Waals surface area contributed by atoms with Gasteiger partial charge in [0, 0.05) is 18.4 Å². The lowest BCUT2D eigenvalue weighted by Crippen LogP contribution is -2.02. The average molecular weight is 222 g/mol. The standard InChI is InChI=1S/C12H14O4/c13-5-4-10(14)9-2-3-11-12(8-9)16-7-1-6-15-11/h2-3,8,13H,1,4-7H2. The molecule has 1 aliphatic rings. The van der Waals surface area contributed by atoms with Gasteiger partial charge in [-0.1, -0.05) is 0 Å². The van der Waals surface area contributed by atoms with Crippen molar-refractivity contribution in [1.82, 2.24) is 0 Å². The molecule has 0 saturated heterocycles. The van der Waals surface area contributed by atoms with E-state index in [-0.39, 0.29) is 18.8 Å². The Bertz CT molecular complexity index is 387. The van der Waals surface area contributed by atoms with Gasteiger partial charge in [0.2, 0.25) is 0 Å². The van der Waals surface area contributed by atoms with Gasteiger partial charge in [0.05, 0.1) is 19.8 Å². The summed E-state index contributed by atoms with van der Waals surface area (Å²) >= 11 is 0. The van der Waals surface area contributed by atoms with Gasteiger partial charge < -0.3 is 14.6 Å². The quantitative estimate of drug-likeness (QED) is 0.786. The molecule has 0 atom stereocenters. The molecule has 1 aliphatic heterocycles. The number of hydrogen-bond donors (Lipinski definition) is 1. The van der Waals surface area contributed by atoms with Gasteiger partial charge in [-0.15, -0.1) is 0 Å². The van der Waals surface area contributed by atoms with Crippen molar-refractivity contribution in [3.63, 3.8) is 0 Å².